The van der Waals surface area contributed by atoms with E-state index in [2.05, 4.69) is 15.5 Å². The van der Waals surface area contributed by atoms with E-state index < -0.39 is 0 Å². The van der Waals surface area contributed by atoms with Crippen LogP contribution >= 0.6 is 11.3 Å². The molecule has 0 saturated carbocycles. The van der Waals surface area contributed by atoms with Gasteiger partial charge in [0.25, 0.3) is 0 Å². The fraction of sp³-hybridized carbons (Fsp3) is 0.167. The molecule has 3 rings (SSSR count). The first kappa shape index (κ1) is 12.0. The van der Waals surface area contributed by atoms with Crippen LogP contribution in [0.2, 0.25) is 0 Å². The molecule has 0 spiro atoms. The van der Waals surface area contributed by atoms with Crippen molar-refractivity contribution in [2.45, 2.75) is 12.8 Å². The number of carbonyl (C=O) groups is 1. The van der Waals surface area contributed by atoms with Crippen molar-refractivity contribution in [3.63, 3.8) is 0 Å². The van der Waals surface area contributed by atoms with Crippen LogP contribution in [0.3, 0.4) is 0 Å². The van der Waals surface area contributed by atoms with Crippen molar-refractivity contribution in [2.24, 2.45) is 0 Å². The normalized spacial score (nSPS) is 12.3. The van der Waals surface area contributed by atoms with Crippen LogP contribution in [-0.2, 0) is 4.79 Å². The summed E-state index contributed by atoms with van der Waals surface area (Å²) in [5.41, 5.74) is 3.71. The van der Waals surface area contributed by atoms with Gasteiger partial charge in [-0.15, -0.1) is 0 Å². The maximum atomic E-state index is 12.1. The Hall–Kier alpha value is -2.02. The molecule has 0 aliphatic carbocycles. The first-order chi connectivity index (χ1) is 9.24. The SMILES string of the molecule is CC(C(=O)Nc1bcno1)c1ccc2ncsc2c1. The van der Waals surface area contributed by atoms with Crippen molar-refractivity contribution in [3.8, 4) is 0 Å². The molecule has 0 fully saturated rings. The van der Waals surface area contributed by atoms with E-state index >= 15 is 0 Å². The van der Waals surface area contributed by atoms with Gasteiger partial charge in [0.2, 0.25) is 0 Å². The Kier molecular flexibility index (Phi) is 3.12. The summed E-state index contributed by atoms with van der Waals surface area (Å²) >= 11 is 1.56. The number of benzene rings is 1. The number of hydrogen-bond acceptors (Lipinski definition) is 5. The molecular formula is C12H10BN3O2S. The predicted octanol–water partition coefficient (Wildman–Crippen LogP) is 2.36. The van der Waals surface area contributed by atoms with E-state index in [9.17, 15) is 4.79 Å². The molecule has 7 heteroatoms. The van der Waals surface area contributed by atoms with Gasteiger partial charge in [0, 0.05) is 0 Å². The summed E-state index contributed by atoms with van der Waals surface area (Å²) in [7, 11) is 0. The zero-order valence-corrected chi connectivity index (χ0v) is 11.0. The van der Waals surface area contributed by atoms with Crippen molar-refractivity contribution in [1.82, 2.24) is 10.1 Å². The molecule has 1 unspecified atom stereocenters. The van der Waals surface area contributed by atoms with E-state index in [1.165, 1.54) is 6.09 Å². The predicted molar refractivity (Wildman–Crippen MR) is 74.5 cm³/mol. The Morgan fingerprint density at radius 1 is 1.53 bits per heavy atom. The minimum atomic E-state index is -0.267. The molecule has 1 amide bonds. The third-order valence-electron chi connectivity index (χ3n) is 2.93. The number of carbonyl (C=O) groups excluding carboxylic acids is 1. The first-order valence-corrected chi connectivity index (χ1v) is 6.67. The fourth-order valence-corrected chi connectivity index (χ4v) is 2.53. The van der Waals surface area contributed by atoms with E-state index in [-0.39, 0.29) is 11.8 Å². The molecule has 0 bridgehead atoms. The second-order valence-electron chi connectivity index (χ2n) is 4.17. The number of anilines is 1. The van der Waals surface area contributed by atoms with Crippen molar-refractivity contribution < 1.29 is 9.32 Å². The fourth-order valence-electron chi connectivity index (χ4n) is 1.80. The van der Waals surface area contributed by atoms with Crippen molar-refractivity contribution in [1.29, 1.82) is 0 Å². The molecule has 2 heterocycles. The Labute approximate surface area is 113 Å². The van der Waals surface area contributed by atoms with Crippen LogP contribution in [0.25, 0.3) is 10.2 Å². The summed E-state index contributed by atoms with van der Waals surface area (Å²) in [5, 5.41) is 6.23. The molecule has 0 aliphatic heterocycles. The molecule has 94 valence electrons. The van der Waals surface area contributed by atoms with Gasteiger partial charge in [-0.25, -0.2) is 0 Å². The first-order valence-electron chi connectivity index (χ1n) is 5.79. The Morgan fingerprint density at radius 2 is 2.42 bits per heavy atom. The standard InChI is InChI=1S/C12H10BN3O2S/c1-7(11(17)16-12-13-5-15-18-12)8-2-3-9-10(4-8)19-6-14-9/h2-7H,1H3,(H,16,17). The molecule has 1 atom stereocenters. The molecule has 3 aromatic rings. The van der Waals surface area contributed by atoms with Gasteiger partial charge < -0.3 is 0 Å². The minimum absolute atomic E-state index is 0.124. The molecule has 1 N–H and O–H groups in total. The van der Waals surface area contributed by atoms with E-state index in [4.69, 9.17) is 4.52 Å². The number of aromatic nitrogens is 2. The summed E-state index contributed by atoms with van der Waals surface area (Å²) in [6, 6.07) is 5.85. The van der Waals surface area contributed by atoms with Crippen molar-refractivity contribution in [2.75, 3.05) is 5.32 Å². The molecule has 0 saturated heterocycles. The Balaban J connectivity index is 1.82. The van der Waals surface area contributed by atoms with E-state index in [0.717, 1.165) is 15.8 Å². The average Bonchev–Trinajstić information content (AvgIpc) is 3.07. The summed E-state index contributed by atoms with van der Waals surface area (Å²) < 4.78 is 5.94. The molecule has 2 aromatic heterocycles. The summed E-state index contributed by atoms with van der Waals surface area (Å²) in [4.78, 5) is 16.3. The number of hydrogen-bond donors (Lipinski definition) is 1. The van der Waals surface area contributed by atoms with Gasteiger partial charge in [-0.2, -0.15) is 0 Å². The molecule has 0 aliphatic rings. The van der Waals surface area contributed by atoms with Gasteiger partial charge in [-0.05, 0) is 0 Å². The molecular weight excluding hydrogens is 261 g/mol. The third kappa shape index (κ3) is 2.41. The number of amides is 1. The molecule has 5 nitrogen and oxygen atoms in total. The van der Waals surface area contributed by atoms with Crippen LogP contribution in [0.5, 0.6) is 0 Å². The monoisotopic (exact) mass is 271 g/mol. The van der Waals surface area contributed by atoms with Gasteiger partial charge in [-0.3, -0.25) is 0 Å². The Morgan fingerprint density at radius 3 is 3.21 bits per heavy atom. The van der Waals surface area contributed by atoms with Crippen LogP contribution in [0, 0.1) is 0 Å². The van der Waals surface area contributed by atoms with Crippen LogP contribution in [0.1, 0.15) is 18.4 Å². The molecule has 0 radical (unpaired) electrons. The molecule has 1 aromatic carbocycles. The maximum absolute atomic E-state index is 12.1. The number of fused-ring (bicyclic) bond motifs is 1. The zero-order chi connectivity index (χ0) is 13.2. The van der Waals surface area contributed by atoms with Gasteiger partial charge in [0.05, 0.1) is 0 Å². The van der Waals surface area contributed by atoms with Crippen LogP contribution in [0.15, 0.2) is 34.3 Å². The van der Waals surface area contributed by atoms with Gasteiger partial charge in [0.1, 0.15) is 0 Å². The summed E-state index contributed by atoms with van der Waals surface area (Å²) in [5.74, 6) is -0.0343. The second kappa shape index (κ2) is 4.93. The summed E-state index contributed by atoms with van der Waals surface area (Å²) in [6.07, 6.45) is 1.49. The van der Waals surface area contributed by atoms with Crippen molar-refractivity contribution >= 4 is 40.2 Å². The number of rotatable bonds is 3. The van der Waals surface area contributed by atoms with Crippen LogP contribution < -0.4 is 5.32 Å². The van der Waals surface area contributed by atoms with Crippen LogP contribution in [0.4, 0.5) is 5.78 Å². The number of nitrogens with zero attached hydrogens (tertiary/aromatic N) is 2. The average molecular weight is 271 g/mol. The van der Waals surface area contributed by atoms with E-state index in [1.807, 2.05) is 25.1 Å². The van der Waals surface area contributed by atoms with Crippen LogP contribution in [-0.4, -0.2) is 23.0 Å². The van der Waals surface area contributed by atoms with Gasteiger partial charge in [0.15, 0.2) is 0 Å². The number of nitrogens with one attached hydrogen (secondary N) is 1. The number of thiazole rings is 1. The second-order valence-corrected chi connectivity index (χ2v) is 5.05. The van der Waals surface area contributed by atoms with E-state index in [1.54, 1.807) is 23.8 Å². The Bertz CT molecular complexity index is 711. The van der Waals surface area contributed by atoms with Gasteiger partial charge >= 0.3 is 113 Å². The van der Waals surface area contributed by atoms with E-state index in [0.29, 0.717) is 5.78 Å². The quantitative estimate of drug-likeness (QED) is 0.794. The van der Waals surface area contributed by atoms with Gasteiger partial charge in [-0.1, -0.05) is 0 Å². The summed E-state index contributed by atoms with van der Waals surface area (Å²) in [6.45, 7) is 3.46. The third-order valence-corrected chi connectivity index (χ3v) is 3.72. The zero-order valence-electron chi connectivity index (χ0n) is 10.2. The molecule has 19 heavy (non-hydrogen) atoms. The topological polar surface area (TPSA) is 68.0 Å². The van der Waals surface area contributed by atoms with Crippen molar-refractivity contribution in [3.05, 3.63) is 35.4 Å².